The second kappa shape index (κ2) is 7.38. The van der Waals surface area contributed by atoms with Crippen molar-refractivity contribution in [2.24, 2.45) is 0 Å². The summed E-state index contributed by atoms with van der Waals surface area (Å²) in [6, 6.07) is 23.5. The lowest BCUT2D eigenvalue weighted by Gasteiger charge is -2.12. The van der Waals surface area contributed by atoms with Crippen molar-refractivity contribution < 1.29 is 9.53 Å². The van der Waals surface area contributed by atoms with Crippen molar-refractivity contribution in [2.45, 2.75) is 6.42 Å². The number of para-hydroxylation sites is 2. The van der Waals surface area contributed by atoms with Gasteiger partial charge in [0, 0.05) is 46.5 Å². The third-order valence-corrected chi connectivity index (χ3v) is 4.61. The molecule has 0 radical (unpaired) electrons. The van der Waals surface area contributed by atoms with Gasteiger partial charge >= 0.3 is 0 Å². The minimum absolute atomic E-state index is 0.0901. The van der Waals surface area contributed by atoms with Crippen molar-refractivity contribution in [2.75, 3.05) is 12.4 Å². The van der Waals surface area contributed by atoms with Gasteiger partial charge in [0.05, 0.1) is 7.11 Å². The predicted molar refractivity (Wildman–Crippen MR) is 109 cm³/mol. The highest BCUT2D eigenvalue weighted by molar-refractivity contribution is 6.08. The summed E-state index contributed by atoms with van der Waals surface area (Å²) in [6.45, 7) is 0. The van der Waals surface area contributed by atoms with Crippen LogP contribution in [0.3, 0.4) is 0 Å². The van der Waals surface area contributed by atoms with E-state index in [9.17, 15) is 4.79 Å². The number of anilines is 2. The number of H-pyrrole nitrogens is 1. The highest BCUT2D eigenvalue weighted by atomic mass is 16.5. The summed E-state index contributed by atoms with van der Waals surface area (Å²) in [6.07, 6.45) is 2.13. The Hall–Kier alpha value is -3.53. The molecule has 4 rings (SSSR count). The number of aromatic nitrogens is 1. The van der Waals surface area contributed by atoms with E-state index in [1.54, 1.807) is 13.3 Å². The molecule has 1 heterocycles. The summed E-state index contributed by atoms with van der Waals surface area (Å²) in [5, 5.41) is 4.35. The van der Waals surface area contributed by atoms with Crippen LogP contribution in [0.4, 0.5) is 11.4 Å². The van der Waals surface area contributed by atoms with E-state index in [1.807, 2.05) is 72.8 Å². The summed E-state index contributed by atoms with van der Waals surface area (Å²) in [5.74, 6) is 0.875. The van der Waals surface area contributed by atoms with Crippen LogP contribution >= 0.6 is 0 Å². The Morgan fingerprint density at radius 1 is 1.00 bits per heavy atom. The van der Waals surface area contributed by atoms with Crippen LogP contribution in [-0.4, -0.2) is 17.9 Å². The molecule has 3 aromatic carbocycles. The Bertz CT molecular complexity index is 1100. The van der Waals surface area contributed by atoms with Gasteiger partial charge in [0.1, 0.15) is 5.75 Å². The number of ether oxygens (including phenoxy) is 1. The zero-order chi connectivity index (χ0) is 18.6. The molecule has 0 saturated heterocycles. The van der Waals surface area contributed by atoms with Crippen molar-refractivity contribution in [3.05, 3.63) is 90.1 Å². The topological polar surface area (TPSA) is 54.1 Å². The summed E-state index contributed by atoms with van der Waals surface area (Å²) in [5.41, 5.74) is 4.49. The highest BCUT2D eigenvalue weighted by Crippen LogP contribution is 2.26. The highest BCUT2D eigenvalue weighted by Gasteiger charge is 2.14. The summed E-state index contributed by atoms with van der Waals surface area (Å²) < 4.78 is 5.28. The monoisotopic (exact) mass is 356 g/mol. The van der Waals surface area contributed by atoms with Gasteiger partial charge in [-0.3, -0.25) is 4.79 Å². The Morgan fingerprint density at radius 2 is 1.81 bits per heavy atom. The van der Waals surface area contributed by atoms with Crippen molar-refractivity contribution in [3.63, 3.8) is 0 Å². The first-order chi connectivity index (χ1) is 13.2. The summed E-state index contributed by atoms with van der Waals surface area (Å²) in [7, 11) is 1.65. The molecule has 0 bridgehead atoms. The van der Waals surface area contributed by atoms with E-state index in [0.717, 1.165) is 39.2 Å². The van der Waals surface area contributed by atoms with E-state index in [2.05, 4.69) is 10.3 Å². The van der Waals surface area contributed by atoms with Gasteiger partial charge in [-0.2, -0.15) is 0 Å². The molecule has 0 aliphatic heterocycles. The predicted octanol–water partition coefficient (Wildman–Crippen LogP) is 5.35. The number of methoxy groups -OCH3 is 1. The number of hydrogen-bond acceptors (Lipinski definition) is 3. The van der Waals surface area contributed by atoms with Crippen LogP contribution in [-0.2, 0) is 6.42 Å². The standard InChI is InChI=1S/C23H20N2O2/c1-27-18-9-6-8-17(14-18)25-21-11-4-2-7-16(21)13-23(26)20-15-24-22-12-5-3-10-19(20)22/h2-12,14-15,24-25H,13H2,1H3. The largest absolute Gasteiger partial charge is 0.497 e. The Labute approximate surface area is 157 Å². The number of benzene rings is 3. The molecule has 0 amide bonds. The number of nitrogens with one attached hydrogen (secondary N) is 2. The Balaban J connectivity index is 1.60. The van der Waals surface area contributed by atoms with Gasteiger partial charge in [0.15, 0.2) is 5.78 Å². The molecule has 0 fully saturated rings. The van der Waals surface area contributed by atoms with Crippen molar-refractivity contribution in [1.82, 2.24) is 4.98 Å². The number of carbonyl (C=O) groups excluding carboxylic acids is 1. The Morgan fingerprint density at radius 3 is 2.70 bits per heavy atom. The number of rotatable bonds is 6. The van der Waals surface area contributed by atoms with Gasteiger partial charge in [-0.25, -0.2) is 0 Å². The molecule has 0 unspecified atom stereocenters. The molecule has 0 atom stereocenters. The minimum Gasteiger partial charge on any atom is -0.497 e. The van der Waals surface area contributed by atoms with Crippen LogP contribution in [0.2, 0.25) is 0 Å². The molecule has 4 heteroatoms. The summed E-state index contributed by atoms with van der Waals surface area (Å²) >= 11 is 0. The van der Waals surface area contributed by atoms with Gasteiger partial charge < -0.3 is 15.0 Å². The number of hydrogen-bond donors (Lipinski definition) is 2. The second-order valence-corrected chi connectivity index (χ2v) is 6.36. The number of Topliss-reactive ketones (excluding diaryl/α,β-unsaturated/α-hetero) is 1. The molecule has 0 aliphatic rings. The third kappa shape index (κ3) is 3.55. The van der Waals surface area contributed by atoms with Gasteiger partial charge in [-0.05, 0) is 29.8 Å². The van der Waals surface area contributed by atoms with Gasteiger partial charge in [-0.15, -0.1) is 0 Å². The number of aromatic amines is 1. The molecule has 4 aromatic rings. The maximum absolute atomic E-state index is 12.9. The number of ketones is 1. The lowest BCUT2D eigenvalue weighted by Crippen LogP contribution is -2.05. The molecule has 0 aliphatic carbocycles. The van der Waals surface area contributed by atoms with Crippen LogP contribution in [0.1, 0.15) is 15.9 Å². The van der Waals surface area contributed by atoms with Gasteiger partial charge in [-0.1, -0.05) is 42.5 Å². The van der Waals surface area contributed by atoms with Gasteiger partial charge in [0.2, 0.25) is 0 Å². The molecular weight excluding hydrogens is 336 g/mol. The van der Waals surface area contributed by atoms with Crippen LogP contribution in [0.15, 0.2) is 79.0 Å². The number of carbonyl (C=O) groups is 1. The molecule has 0 spiro atoms. The van der Waals surface area contributed by atoms with E-state index in [-0.39, 0.29) is 5.78 Å². The third-order valence-electron chi connectivity index (χ3n) is 4.61. The van der Waals surface area contributed by atoms with Crippen molar-refractivity contribution in [1.29, 1.82) is 0 Å². The fourth-order valence-electron chi connectivity index (χ4n) is 3.22. The van der Waals surface area contributed by atoms with Crippen LogP contribution < -0.4 is 10.1 Å². The lowest BCUT2D eigenvalue weighted by atomic mass is 10.0. The fraction of sp³-hybridized carbons (Fsp3) is 0.0870. The maximum Gasteiger partial charge on any atom is 0.169 e. The van der Waals surface area contributed by atoms with E-state index in [0.29, 0.717) is 6.42 Å². The molecule has 2 N–H and O–H groups in total. The molecule has 1 aromatic heterocycles. The van der Waals surface area contributed by atoms with E-state index in [1.165, 1.54) is 0 Å². The molecule has 0 saturated carbocycles. The smallest absolute Gasteiger partial charge is 0.169 e. The first kappa shape index (κ1) is 16.9. The van der Waals surface area contributed by atoms with Crippen LogP contribution in [0, 0.1) is 0 Å². The SMILES string of the molecule is COc1cccc(Nc2ccccc2CC(=O)c2c[nH]c3ccccc23)c1. The molecule has 27 heavy (non-hydrogen) atoms. The molecular formula is C23H20N2O2. The summed E-state index contributed by atoms with van der Waals surface area (Å²) in [4.78, 5) is 16.1. The first-order valence-electron chi connectivity index (χ1n) is 8.83. The van der Waals surface area contributed by atoms with E-state index < -0.39 is 0 Å². The zero-order valence-corrected chi connectivity index (χ0v) is 15.0. The van der Waals surface area contributed by atoms with Gasteiger partial charge in [0.25, 0.3) is 0 Å². The zero-order valence-electron chi connectivity index (χ0n) is 15.0. The Kier molecular flexibility index (Phi) is 4.62. The quantitative estimate of drug-likeness (QED) is 0.458. The molecule has 134 valence electrons. The lowest BCUT2D eigenvalue weighted by molar-refractivity contribution is 0.0994. The van der Waals surface area contributed by atoms with Crippen molar-refractivity contribution >= 4 is 28.1 Å². The molecule has 4 nitrogen and oxygen atoms in total. The first-order valence-corrected chi connectivity index (χ1v) is 8.83. The van der Waals surface area contributed by atoms with Crippen LogP contribution in [0.25, 0.3) is 10.9 Å². The van der Waals surface area contributed by atoms with Crippen LogP contribution in [0.5, 0.6) is 5.75 Å². The number of fused-ring (bicyclic) bond motifs is 1. The normalized spacial score (nSPS) is 10.7. The van der Waals surface area contributed by atoms with E-state index >= 15 is 0 Å². The van der Waals surface area contributed by atoms with E-state index in [4.69, 9.17) is 4.74 Å². The second-order valence-electron chi connectivity index (χ2n) is 6.36. The maximum atomic E-state index is 12.9. The average molecular weight is 356 g/mol. The minimum atomic E-state index is 0.0901. The average Bonchev–Trinajstić information content (AvgIpc) is 3.14. The van der Waals surface area contributed by atoms with Crippen molar-refractivity contribution in [3.8, 4) is 5.75 Å². The fourth-order valence-corrected chi connectivity index (χ4v) is 3.22.